The van der Waals surface area contributed by atoms with Gasteiger partial charge in [-0.3, -0.25) is 0 Å². The maximum absolute atomic E-state index is 5.41. The van der Waals surface area contributed by atoms with Gasteiger partial charge in [0, 0.05) is 14.7 Å². The van der Waals surface area contributed by atoms with Crippen LogP contribution in [0.25, 0.3) is 0 Å². The number of nitrogens with one attached hydrogen (secondary N) is 2. The van der Waals surface area contributed by atoms with E-state index in [0.29, 0.717) is 5.11 Å². The molecule has 2 N–H and O–H groups in total. The Morgan fingerprint density at radius 2 is 1.74 bits per heavy atom. The molecule has 0 aliphatic rings. The summed E-state index contributed by atoms with van der Waals surface area (Å²) < 4.78 is 0. The van der Waals surface area contributed by atoms with Gasteiger partial charge in [0.05, 0.1) is 12.2 Å². The zero-order valence-electron chi connectivity index (χ0n) is 12.4. The number of rotatable bonds is 5. The van der Waals surface area contributed by atoms with Crippen LogP contribution in [-0.2, 0) is 6.54 Å². The molecule has 0 fully saturated rings. The largest absolute Gasteiger partial charge is 0.358 e. The second-order valence-electron chi connectivity index (χ2n) is 4.80. The molecule has 0 saturated heterocycles. The third-order valence-corrected chi connectivity index (χ3v) is 5.32. The molecule has 3 aromatic rings. The first-order valence-corrected chi connectivity index (χ1v) is 9.31. The molecule has 0 atom stereocenters. The van der Waals surface area contributed by atoms with Gasteiger partial charge in [-0.25, -0.2) is 0 Å². The standard InChI is InChI=1S/C18H16N2S3/c21-18(19-13-15-9-6-12-22-15)20-16-10-4-5-11-17(16)23-14-7-2-1-3-8-14/h1-12H,13H2,(H2,19,20,21). The van der Waals surface area contributed by atoms with Gasteiger partial charge in [-0.2, -0.15) is 0 Å². The summed E-state index contributed by atoms with van der Waals surface area (Å²) in [6, 6.07) is 22.7. The third kappa shape index (κ3) is 4.82. The van der Waals surface area contributed by atoms with E-state index in [1.54, 1.807) is 23.1 Å². The fourth-order valence-corrected chi connectivity index (χ4v) is 3.77. The summed E-state index contributed by atoms with van der Waals surface area (Å²) in [5.41, 5.74) is 1.02. The first-order chi connectivity index (χ1) is 11.3. The fourth-order valence-electron chi connectivity index (χ4n) is 2.02. The van der Waals surface area contributed by atoms with Crippen LogP contribution in [0.2, 0.25) is 0 Å². The van der Waals surface area contributed by atoms with E-state index in [9.17, 15) is 0 Å². The Morgan fingerprint density at radius 1 is 0.957 bits per heavy atom. The molecule has 23 heavy (non-hydrogen) atoms. The molecule has 1 aromatic heterocycles. The van der Waals surface area contributed by atoms with Crippen molar-refractivity contribution in [1.82, 2.24) is 5.32 Å². The Bertz CT molecular complexity index is 755. The van der Waals surface area contributed by atoms with E-state index < -0.39 is 0 Å². The minimum absolute atomic E-state index is 0.638. The summed E-state index contributed by atoms with van der Waals surface area (Å²) in [7, 11) is 0. The smallest absolute Gasteiger partial charge is 0.171 e. The van der Waals surface area contributed by atoms with Gasteiger partial charge in [0.1, 0.15) is 0 Å². The average Bonchev–Trinajstić information content (AvgIpc) is 3.09. The lowest BCUT2D eigenvalue weighted by atomic mass is 10.3. The van der Waals surface area contributed by atoms with Crippen molar-refractivity contribution in [2.75, 3.05) is 5.32 Å². The molecule has 0 aliphatic heterocycles. The van der Waals surface area contributed by atoms with Crippen molar-refractivity contribution in [2.24, 2.45) is 0 Å². The number of thiophene rings is 1. The highest BCUT2D eigenvalue weighted by molar-refractivity contribution is 7.99. The van der Waals surface area contributed by atoms with Crippen LogP contribution < -0.4 is 10.6 Å². The topological polar surface area (TPSA) is 24.1 Å². The summed E-state index contributed by atoms with van der Waals surface area (Å²) >= 11 is 8.85. The molecular weight excluding hydrogens is 340 g/mol. The van der Waals surface area contributed by atoms with Crippen LogP contribution in [0.3, 0.4) is 0 Å². The van der Waals surface area contributed by atoms with Gasteiger partial charge >= 0.3 is 0 Å². The summed E-state index contributed by atoms with van der Waals surface area (Å²) in [5, 5.41) is 9.25. The Kier molecular flexibility index (Phi) is 5.69. The predicted molar refractivity (Wildman–Crippen MR) is 104 cm³/mol. The van der Waals surface area contributed by atoms with E-state index in [0.717, 1.165) is 17.1 Å². The number of hydrogen-bond acceptors (Lipinski definition) is 3. The number of hydrogen-bond donors (Lipinski definition) is 2. The molecule has 116 valence electrons. The first kappa shape index (κ1) is 16.1. The maximum Gasteiger partial charge on any atom is 0.171 e. The van der Waals surface area contributed by atoms with Crippen LogP contribution in [0.1, 0.15) is 4.88 Å². The lowest BCUT2D eigenvalue weighted by Gasteiger charge is -2.13. The van der Waals surface area contributed by atoms with Gasteiger partial charge in [0.2, 0.25) is 0 Å². The van der Waals surface area contributed by atoms with Crippen molar-refractivity contribution in [3.8, 4) is 0 Å². The van der Waals surface area contributed by atoms with Gasteiger partial charge in [-0.15, -0.1) is 11.3 Å². The Labute approximate surface area is 149 Å². The minimum Gasteiger partial charge on any atom is -0.358 e. The molecule has 0 radical (unpaired) electrons. The molecule has 0 saturated carbocycles. The average molecular weight is 357 g/mol. The molecular formula is C18H16N2S3. The zero-order chi connectivity index (χ0) is 15.9. The number of benzene rings is 2. The minimum atomic E-state index is 0.638. The summed E-state index contributed by atoms with van der Waals surface area (Å²) in [5.74, 6) is 0. The van der Waals surface area contributed by atoms with Crippen LogP contribution >= 0.6 is 35.3 Å². The molecule has 5 heteroatoms. The summed E-state index contributed by atoms with van der Waals surface area (Å²) in [6.45, 7) is 0.748. The number of para-hydroxylation sites is 1. The van der Waals surface area contributed by atoms with Crippen molar-refractivity contribution < 1.29 is 0 Å². The molecule has 2 nitrogen and oxygen atoms in total. The van der Waals surface area contributed by atoms with E-state index in [-0.39, 0.29) is 0 Å². The molecule has 1 heterocycles. The first-order valence-electron chi connectivity index (χ1n) is 7.20. The third-order valence-electron chi connectivity index (χ3n) is 3.11. The van der Waals surface area contributed by atoms with E-state index >= 15 is 0 Å². The molecule has 2 aromatic carbocycles. The highest BCUT2D eigenvalue weighted by Gasteiger charge is 2.05. The van der Waals surface area contributed by atoms with Gasteiger partial charge in [-0.05, 0) is 47.9 Å². The fraction of sp³-hybridized carbons (Fsp3) is 0.0556. The van der Waals surface area contributed by atoms with Crippen LogP contribution in [0, 0.1) is 0 Å². The normalized spacial score (nSPS) is 10.3. The highest BCUT2D eigenvalue weighted by Crippen LogP contribution is 2.33. The second kappa shape index (κ2) is 8.15. The van der Waals surface area contributed by atoms with Crippen LogP contribution in [0.5, 0.6) is 0 Å². The number of thiocarbonyl (C=S) groups is 1. The van der Waals surface area contributed by atoms with E-state index in [2.05, 4.69) is 40.3 Å². The van der Waals surface area contributed by atoms with E-state index in [1.165, 1.54) is 9.77 Å². The monoisotopic (exact) mass is 356 g/mol. The van der Waals surface area contributed by atoms with Gasteiger partial charge in [0.25, 0.3) is 0 Å². The molecule has 0 bridgehead atoms. The van der Waals surface area contributed by atoms with Crippen molar-refractivity contribution in [2.45, 2.75) is 16.3 Å². The van der Waals surface area contributed by atoms with Crippen LogP contribution in [0.4, 0.5) is 5.69 Å². The molecule has 3 rings (SSSR count). The maximum atomic E-state index is 5.41. The quantitative estimate of drug-likeness (QED) is 0.599. The van der Waals surface area contributed by atoms with Gasteiger partial charge in [-0.1, -0.05) is 48.2 Å². The zero-order valence-corrected chi connectivity index (χ0v) is 14.8. The van der Waals surface area contributed by atoms with Crippen LogP contribution in [0.15, 0.2) is 81.9 Å². The molecule has 0 spiro atoms. The van der Waals surface area contributed by atoms with Gasteiger partial charge in [0.15, 0.2) is 5.11 Å². The second-order valence-corrected chi connectivity index (χ2v) is 7.35. The number of anilines is 1. The molecule has 0 amide bonds. The predicted octanol–water partition coefficient (Wildman–Crippen LogP) is 5.39. The molecule has 0 unspecified atom stereocenters. The van der Waals surface area contributed by atoms with Crippen molar-refractivity contribution in [1.29, 1.82) is 0 Å². The lowest BCUT2D eigenvalue weighted by Crippen LogP contribution is -2.27. The SMILES string of the molecule is S=C(NCc1cccs1)Nc1ccccc1Sc1ccccc1. The Balaban J connectivity index is 1.64. The lowest BCUT2D eigenvalue weighted by molar-refractivity contribution is 0.946. The van der Waals surface area contributed by atoms with Gasteiger partial charge < -0.3 is 10.6 Å². The Hall–Kier alpha value is -1.82. The highest BCUT2D eigenvalue weighted by atomic mass is 32.2. The van der Waals surface area contributed by atoms with Crippen molar-refractivity contribution in [3.05, 3.63) is 77.0 Å². The van der Waals surface area contributed by atoms with Crippen LogP contribution in [-0.4, -0.2) is 5.11 Å². The summed E-state index contributed by atoms with van der Waals surface area (Å²) in [4.78, 5) is 3.62. The molecule has 0 aliphatic carbocycles. The van der Waals surface area contributed by atoms with Crippen molar-refractivity contribution >= 4 is 46.1 Å². The van der Waals surface area contributed by atoms with Crippen molar-refractivity contribution in [3.63, 3.8) is 0 Å². The summed E-state index contributed by atoms with van der Waals surface area (Å²) in [6.07, 6.45) is 0. The Morgan fingerprint density at radius 3 is 2.52 bits per heavy atom. The van der Waals surface area contributed by atoms with E-state index in [4.69, 9.17) is 12.2 Å². The van der Waals surface area contributed by atoms with E-state index in [1.807, 2.05) is 42.5 Å².